The van der Waals surface area contributed by atoms with E-state index in [1.54, 1.807) is 43.0 Å². The van der Waals surface area contributed by atoms with Gasteiger partial charge in [-0.3, -0.25) is 4.79 Å². The highest BCUT2D eigenvalue weighted by Crippen LogP contribution is 2.31. The molecule has 1 saturated heterocycles. The van der Waals surface area contributed by atoms with Gasteiger partial charge in [-0.25, -0.2) is 8.42 Å². The molecule has 8 heteroatoms. The van der Waals surface area contributed by atoms with Crippen molar-refractivity contribution in [2.45, 2.75) is 37.5 Å². The van der Waals surface area contributed by atoms with Crippen molar-refractivity contribution in [3.63, 3.8) is 0 Å². The zero-order valence-corrected chi connectivity index (χ0v) is 16.0. The summed E-state index contributed by atoms with van der Waals surface area (Å²) in [5.74, 6) is 0.420. The Hall–Kier alpha value is -1.31. The Morgan fingerprint density at radius 2 is 1.68 bits per heavy atom. The molecule has 6 nitrogen and oxygen atoms in total. The third-order valence-corrected chi connectivity index (χ3v) is 7.18. The molecule has 1 heterocycles. The van der Waals surface area contributed by atoms with E-state index in [-0.39, 0.29) is 11.2 Å². The SMILES string of the molecule is CC(C)(Oc1ccc(Cl)cc1)C(=O)N1CCN(S(=O)(=O)C2CC2)CC1. The molecule has 0 spiro atoms. The van der Waals surface area contributed by atoms with Gasteiger partial charge in [0.1, 0.15) is 5.75 Å². The second-order valence-electron chi connectivity index (χ2n) is 7.00. The van der Waals surface area contributed by atoms with Crippen LogP contribution in [0.3, 0.4) is 0 Å². The van der Waals surface area contributed by atoms with Crippen LogP contribution >= 0.6 is 11.6 Å². The molecule has 0 aromatic heterocycles. The number of rotatable bonds is 5. The normalized spacial score (nSPS) is 19.7. The van der Waals surface area contributed by atoms with Gasteiger partial charge < -0.3 is 9.64 Å². The molecule has 0 unspecified atom stereocenters. The van der Waals surface area contributed by atoms with Crippen molar-refractivity contribution in [3.8, 4) is 5.75 Å². The monoisotopic (exact) mass is 386 g/mol. The van der Waals surface area contributed by atoms with Crippen LogP contribution < -0.4 is 4.74 Å². The first-order valence-electron chi connectivity index (χ1n) is 8.43. The number of halogens is 1. The molecule has 1 amide bonds. The summed E-state index contributed by atoms with van der Waals surface area (Å²) in [6.45, 7) is 4.91. The maximum Gasteiger partial charge on any atom is 0.266 e. The summed E-state index contributed by atoms with van der Waals surface area (Å²) >= 11 is 5.86. The average molecular weight is 387 g/mol. The minimum atomic E-state index is -3.17. The fourth-order valence-electron chi connectivity index (χ4n) is 2.94. The number of carbonyl (C=O) groups excluding carboxylic acids is 1. The molecule has 0 atom stereocenters. The van der Waals surface area contributed by atoms with Crippen molar-refractivity contribution < 1.29 is 17.9 Å². The number of nitrogens with zero attached hydrogens (tertiary/aromatic N) is 2. The van der Waals surface area contributed by atoms with E-state index in [1.165, 1.54) is 4.31 Å². The summed E-state index contributed by atoms with van der Waals surface area (Å²) in [5.41, 5.74) is -1.04. The molecule has 3 rings (SSSR count). The van der Waals surface area contributed by atoms with E-state index < -0.39 is 15.6 Å². The molecule has 0 radical (unpaired) electrons. The Morgan fingerprint density at radius 1 is 1.12 bits per heavy atom. The number of sulfonamides is 1. The first kappa shape index (κ1) is 18.5. The van der Waals surface area contributed by atoms with Crippen LogP contribution in [0.2, 0.25) is 5.02 Å². The topological polar surface area (TPSA) is 66.9 Å². The molecule has 2 aliphatic rings. The molecule has 1 aliphatic carbocycles. The smallest absolute Gasteiger partial charge is 0.266 e. The summed E-state index contributed by atoms with van der Waals surface area (Å²) in [7, 11) is -3.17. The van der Waals surface area contributed by atoms with Crippen LogP contribution in [-0.4, -0.2) is 60.6 Å². The van der Waals surface area contributed by atoms with Gasteiger partial charge in [0.15, 0.2) is 5.60 Å². The minimum Gasteiger partial charge on any atom is -0.478 e. The molecular weight excluding hydrogens is 364 g/mol. The summed E-state index contributed by atoms with van der Waals surface area (Å²) in [6.07, 6.45) is 1.51. The third kappa shape index (κ3) is 4.10. The standard InChI is InChI=1S/C17H23ClN2O4S/c1-17(2,24-14-5-3-13(18)4-6-14)16(21)19-9-11-20(12-10-19)25(22,23)15-7-8-15/h3-6,15H,7-12H2,1-2H3. The van der Waals surface area contributed by atoms with E-state index in [4.69, 9.17) is 16.3 Å². The number of amides is 1. The van der Waals surface area contributed by atoms with Crippen molar-refractivity contribution in [2.24, 2.45) is 0 Å². The lowest BCUT2D eigenvalue weighted by molar-refractivity contribution is -0.146. The first-order valence-corrected chi connectivity index (χ1v) is 10.3. The van der Waals surface area contributed by atoms with Crippen LogP contribution in [0.5, 0.6) is 5.75 Å². The van der Waals surface area contributed by atoms with Crippen molar-refractivity contribution in [1.82, 2.24) is 9.21 Å². The van der Waals surface area contributed by atoms with Crippen molar-refractivity contribution >= 4 is 27.5 Å². The predicted octanol–water partition coefficient (Wildman–Crippen LogP) is 2.13. The zero-order chi connectivity index (χ0) is 18.2. The molecule has 1 aromatic rings. The second-order valence-corrected chi connectivity index (χ2v) is 9.65. The van der Waals surface area contributed by atoms with E-state index in [0.717, 1.165) is 12.8 Å². The van der Waals surface area contributed by atoms with E-state index in [0.29, 0.717) is 37.0 Å². The Bertz CT molecular complexity index is 736. The summed E-state index contributed by atoms with van der Waals surface area (Å²) in [5, 5.41) is 0.393. The fourth-order valence-corrected chi connectivity index (χ4v) is 4.90. The van der Waals surface area contributed by atoms with Gasteiger partial charge >= 0.3 is 0 Å². The van der Waals surface area contributed by atoms with Gasteiger partial charge in [0.25, 0.3) is 5.91 Å². The van der Waals surface area contributed by atoms with E-state index in [9.17, 15) is 13.2 Å². The zero-order valence-electron chi connectivity index (χ0n) is 14.4. The molecule has 0 bridgehead atoms. The van der Waals surface area contributed by atoms with Crippen molar-refractivity contribution in [3.05, 3.63) is 29.3 Å². The quantitative estimate of drug-likeness (QED) is 0.777. The first-order chi connectivity index (χ1) is 11.7. The Balaban J connectivity index is 1.60. The highest BCUT2D eigenvalue weighted by Gasteiger charge is 2.42. The highest BCUT2D eigenvalue weighted by molar-refractivity contribution is 7.90. The van der Waals surface area contributed by atoms with Crippen LogP contribution in [0, 0.1) is 0 Å². The van der Waals surface area contributed by atoms with Crippen molar-refractivity contribution in [1.29, 1.82) is 0 Å². The number of ether oxygens (including phenoxy) is 1. The lowest BCUT2D eigenvalue weighted by Crippen LogP contribution is -2.56. The lowest BCUT2D eigenvalue weighted by Gasteiger charge is -2.38. The van der Waals surface area contributed by atoms with Gasteiger partial charge in [-0.15, -0.1) is 0 Å². The van der Waals surface area contributed by atoms with Gasteiger partial charge in [-0.1, -0.05) is 11.6 Å². The molecule has 0 N–H and O–H groups in total. The Kier molecular flexibility index (Phi) is 5.01. The van der Waals surface area contributed by atoms with Crippen LogP contribution in [0.25, 0.3) is 0 Å². The van der Waals surface area contributed by atoms with Gasteiger partial charge in [-0.05, 0) is 51.0 Å². The lowest BCUT2D eigenvalue weighted by atomic mass is 10.1. The van der Waals surface area contributed by atoms with Crippen LogP contribution in [-0.2, 0) is 14.8 Å². The number of hydrogen-bond donors (Lipinski definition) is 0. The highest BCUT2D eigenvalue weighted by atomic mass is 35.5. The van der Waals surface area contributed by atoms with E-state index in [1.807, 2.05) is 0 Å². The number of piperazine rings is 1. The Labute approximate surface area is 153 Å². The number of benzene rings is 1. The van der Waals surface area contributed by atoms with Crippen LogP contribution in [0.15, 0.2) is 24.3 Å². The van der Waals surface area contributed by atoms with Crippen LogP contribution in [0.4, 0.5) is 0 Å². The van der Waals surface area contributed by atoms with Gasteiger partial charge in [0.2, 0.25) is 10.0 Å². The maximum absolute atomic E-state index is 12.8. The molecular formula is C17H23ClN2O4S. The van der Waals surface area contributed by atoms with Crippen molar-refractivity contribution in [2.75, 3.05) is 26.2 Å². The fraction of sp³-hybridized carbons (Fsp3) is 0.588. The van der Waals surface area contributed by atoms with Gasteiger partial charge in [0, 0.05) is 31.2 Å². The summed E-state index contributed by atoms with van der Waals surface area (Å²) in [6, 6.07) is 6.85. The maximum atomic E-state index is 12.8. The third-order valence-electron chi connectivity index (χ3n) is 4.53. The van der Waals surface area contributed by atoms with Gasteiger partial charge in [0.05, 0.1) is 5.25 Å². The minimum absolute atomic E-state index is 0.147. The van der Waals surface area contributed by atoms with E-state index >= 15 is 0 Å². The Morgan fingerprint density at radius 3 is 2.20 bits per heavy atom. The number of carbonyl (C=O) groups is 1. The molecule has 2 fully saturated rings. The molecule has 138 valence electrons. The molecule has 1 aliphatic heterocycles. The number of hydrogen-bond acceptors (Lipinski definition) is 4. The second kappa shape index (κ2) is 6.78. The summed E-state index contributed by atoms with van der Waals surface area (Å²) < 4.78 is 31.9. The molecule has 25 heavy (non-hydrogen) atoms. The predicted molar refractivity (Wildman–Crippen MR) is 96.3 cm³/mol. The largest absolute Gasteiger partial charge is 0.478 e. The molecule has 1 aromatic carbocycles. The van der Waals surface area contributed by atoms with Crippen LogP contribution in [0.1, 0.15) is 26.7 Å². The molecule has 1 saturated carbocycles. The van der Waals surface area contributed by atoms with Gasteiger partial charge in [-0.2, -0.15) is 4.31 Å². The van der Waals surface area contributed by atoms with E-state index in [2.05, 4.69) is 0 Å². The summed E-state index contributed by atoms with van der Waals surface area (Å²) in [4.78, 5) is 14.5. The average Bonchev–Trinajstić information content (AvgIpc) is 3.42.